The molecule has 17 heavy (non-hydrogen) atoms. The zero-order chi connectivity index (χ0) is 11.9. The van der Waals surface area contributed by atoms with Crippen LogP contribution in [0.15, 0.2) is 36.4 Å². The van der Waals surface area contributed by atoms with Gasteiger partial charge in [0.25, 0.3) is 0 Å². The third-order valence-corrected chi connectivity index (χ3v) is 3.21. The molecule has 1 aliphatic rings. The van der Waals surface area contributed by atoms with Gasteiger partial charge in [-0.05, 0) is 18.4 Å². The molecule has 0 atom stereocenters. The summed E-state index contributed by atoms with van der Waals surface area (Å²) in [6, 6.07) is 11.5. The first-order chi connectivity index (χ1) is 8.18. The summed E-state index contributed by atoms with van der Waals surface area (Å²) in [5.74, 6) is 0.795. The number of hydrogen-bond acceptors (Lipinski definition) is 3. The standard InChI is InChI=1S/C14H15NO2/c1-14(8-15-9-14)17-13-11-5-3-2-4-10(11)6-7-12(13)16/h2-7,15-16H,8-9H2,1H3. The van der Waals surface area contributed by atoms with Crippen LogP contribution in [0.1, 0.15) is 6.92 Å². The molecular weight excluding hydrogens is 214 g/mol. The summed E-state index contributed by atoms with van der Waals surface area (Å²) in [5, 5.41) is 15.2. The quantitative estimate of drug-likeness (QED) is 0.830. The minimum atomic E-state index is -0.207. The van der Waals surface area contributed by atoms with E-state index in [0.717, 1.165) is 23.9 Å². The molecular formula is C14H15NO2. The van der Waals surface area contributed by atoms with E-state index in [4.69, 9.17) is 4.74 Å². The van der Waals surface area contributed by atoms with E-state index < -0.39 is 0 Å². The minimum absolute atomic E-state index is 0.205. The Bertz CT molecular complexity index is 561. The molecule has 2 aromatic rings. The third-order valence-electron chi connectivity index (χ3n) is 3.21. The summed E-state index contributed by atoms with van der Waals surface area (Å²) in [6.45, 7) is 3.68. The number of aromatic hydroxyl groups is 1. The van der Waals surface area contributed by atoms with Crippen molar-refractivity contribution in [1.29, 1.82) is 0 Å². The van der Waals surface area contributed by atoms with Gasteiger partial charge in [-0.1, -0.05) is 30.3 Å². The zero-order valence-electron chi connectivity index (χ0n) is 9.73. The average Bonchev–Trinajstić information content (AvgIpc) is 2.31. The van der Waals surface area contributed by atoms with Crippen molar-refractivity contribution in [3.63, 3.8) is 0 Å². The van der Waals surface area contributed by atoms with E-state index in [9.17, 15) is 5.11 Å². The predicted octanol–water partition coefficient (Wildman–Crippen LogP) is 2.29. The lowest BCUT2D eigenvalue weighted by atomic mass is 9.99. The first kappa shape index (κ1) is 10.4. The molecule has 0 bridgehead atoms. The molecule has 0 spiro atoms. The fourth-order valence-electron chi connectivity index (χ4n) is 2.13. The Balaban J connectivity index is 2.10. The maximum absolute atomic E-state index is 9.95. The van der Waals surface area contributed by atoms with Gasteiger partial charge < -0.3 is 15.2 Å². The van der Waals surface area contributed by atoms with Crippen molar-refractivity contribution >= 4 is 10.8 Å². The van der Waals surface area contributed by atoms with E-state index in [-0.39, 0.29) is 11.4 Å². The normalized spacial score (nSPS) is 17.7. The van der Waals surface area contributed by atoms with E-state index in [1.54, 1.807) is 6.07 Å². The molecule has 1 fully saturated rings. The van der Waals surface area contributed by atoms with Crippen LogP contribution < -0.4 is 10.1 Å². The SMILES string of the molecule is CC1(Oc2c(O)ccc3ccccc23)CNC1. The molecule has 3 heteroatoms. The van der Waals surface area contributed by atoms with E-state index in [2.05, 4.69) is 5.32 Å². The molecule has 0 aromatic heterocycles. The van der Waals surface area contributed by atoms with Crippen molar-refractivity contribution in [2.24, 2.45) is 0 Å². The summed E-state index contributed by atoms with van der Waals surface area (Å²) < 4.78 is 5.97. The molecule has 0 radical (unpaired) electrons. The van der Waals surface area contributed by atoms with Gasteiger partial charge >= 0.3 is 0 Å². The van der Waals surface area contributed by atoms with Gasteiger partial charge in [0.2, 0.25) is 0 Å². The van der Waals surface area contributed by atoms with E-state index >= 15 is 0 Å². The largest absolute Gasteiger partial charge is 0.504 e. The molecule has 1 heterocycles. The van der Waals surface area contributed by atoms with Gasteiger partial charge in [-0.15, -0.1) is 0 Å². The average molecular weight is 229 g/mol. The van der Waals surface area contributed by atoms with Crippen LogP contribution in [0.5, 0.6) is 11.5 Å². The highest BCUT2D eigenvalue weighted by Gasteiger charge is 2.34. The summed E-state index contributed by atoms with van der Waals surface area (Å²) in [5.41, 5.74) is -0.207. The zero-order valence-corrected chi connectivity index (χ0v) is 9.73. The number of rotatable bonds is 2. The fourth-order valence-corrected chi connectivity index (χ4v) is 2.13. The molecule has 88 valence electrons. The smallest absolute Gasteiger partial charge is 0.169 e. The molecule has 0 saturated carbocycles. The van der Waals surface area contributed by atoms with Crippen LogP contribution in [-0.4, -0.2) is 23.8 Å². The molecule has 0 amide bonds. The highest BCUT2D eigenvalue weighted by atomic mass is 16.5. The Morgan fingerprint density at radius 2 is 1.94 bits per heavy atom. The lowest BCUT2D eigenvalue weighted by Gasteiger charge is -2.39. The number of ether oxygens (including phenoxy) is 1. The molecule has 1 saturated heterocycles. The van der Waals surface area contributed by atoms with Gasteiger partial charge in [0.15, 0.2) is 11.5 Å². The van der Waals surface area contributed by atoms with E-state index in [1.807, 2.05) is 37.3 Å². The molecule has 3 rings (SSSR count). The Labute approximate surface area is 100 Å². The van der Waals surface area contributed by atoms with Crippen molar-refractivity contribution in [3.05, 3.63) is 36.4 Å². The summed E-state index contributed by atoms with van der Waals surface area (Å²) in [6.07, 6.45) is 0. The first-order valence-corrected chi connectivity index (χ1v) is 5.78. The van der Waals surface area contributed by atoms with Crippen LogP contribution in [-0.2, 0) is 0 Å². The lowest BCUT2D eigenvalue weighted by Crippen LogP contribution is -2.61. The molecule has 1 aliphatic heterocycles. The lowest BCUT2D eigenvalue weighted by molar-refractivity contribution is 0.0340. The molecule has 3 nitrogen and oxygen atoms in total. The fraction of sp³-hybridized carbons (Fsp3) is 0.286. The highest BCUT2D eigenvalue weighted by molar-refractivity contribution is 5.90. The van der Waals surface area contributed by atoms with Crippen molar-refractivity contribution in [2.45, 2.75) is 12.5 Å². The Kier molecular flexibility index (Phi) is 2.23. The number of nitrogens with one attached hydrogen (secondary N) is 1. The van der Waals surface area contributed by atoms with Gasteiger partial charge in [-0.25, -0.2) is 0 Å². The highest BCUT2D eigenvalue weighted by Crippen LogP contribution is 2.37. The topological polar surface area (TPSA) is 41.5 Å². The number of hydrogen-bond donors (Lipinski definition) is 2. The van der Waals surface area contributed by atoms with Crippen molar-refractivity contribution in [1.82, 2.24) is 5.32 Å². The second kappa shape index (κ2) is 3.64. The number of phenols is 1. The molecule has 0 unspecified atom stereocenters. The second-order valence-electron chi connectivity index (χ2n) is 4.79. The Morgan fingerprint density at radius 3 is 2.65 bits per heavy atom. The molecule has 2 aromatic carbocycles. The predicted molar refractivity (Wildman–Crippen MR) is 67.5 cm³/mol. The summed E-state index contributed by atoms with van der Waals surface area (Å²) >= 11 is 0. The van der Waals surface area contributed by atoms with Crippen LogP contribution in [0.3, 0.4) is 0 Å². The van der Waals surface area contributed by atoms with E-state index in [0.29, 0.717) is 5.75 Å². The van der Waals surface area contributed by atoms with Crippen molar-refractivity contribution in [2.75, 3.05) is 13.1 Å². The van der Waals surface area contributed by atoms with Gasteiger partial charge in [-0.2, -0.15) is 0 Å². The third kappa shape index (κ3) is 1.72. The Hall–Kier alpha value is -1.74. The van der Waals surface area contributed by atoms with Crippen LogP contribution in [0.4, 0.5) is 0 Å². The van der Waals surface area contributed by atoms with Gasteiger partial charge in [-0.3, -0.25) is 0 Å². The number of fused-ring (bicyclic) bond motifs is 1. The number of phenolic OH excluding ortho intramolecular Hbond substituents is 1. The van der Waals surface area contributed by atoms with Crippen molar-refractivity contribution < 1.29 is 9.84 Å². The number of benzene rings is 2. The molecule has 0 aliphatic carbocycles. The first-order valence-electron chi connectivity index (χ1n) is 5.78. The van der Waals surface area contributed by atoms with Gasteiger partial charge in [0.1, 0.15) is 5.60 Å². The summed E-state index contributed by atoms with van der Waals surface area (Å²) in [4.78, 5) is 0. The van der Waals surface area contributed by atoms with Crippen LogP contribution in [0.25, 0.3) is 10.8 Å². The monoisotopic (exact) mass is 229 g/mol. The maximum Gasteiger partial charge on any atom is 0.169 e. The molecule has 2 N–H and O–H groups in total. The van der Waals surface area contributed by atoms with Crippen molar-refractivity contribution in [3.8, 4) is 11.5 Å². The van der Waals surface area contributed by atoms with Crippen LogP contribution in [0.2, 0.25) is 0 Å². The van der Waals surface area contributed by atoms with Crippen LogP contribution >= 0.6 is 0 Å². The summed E-state index contributed by atoms with van der Waals surface area (Å²) in [7, 11) is 0. The van der Waals surface area contributed by atoms with E-state index in [1.165, 1.54) is 0 Å². The maximum atomic E-state index is 9.95. The Morgan fingerprint density at radius 1 is 1.18 bits per heavy atom. The second-order valence-corrected chi connectivity index (χ2v) is 4.79. The minimum Gasteiger partial charge on any atom is -0.504 e. The van der Waals surface area contributed by atoms with Crippen LogP contribution in [0, 0.1) is 0 Å². The van der Waals surface area contributed by atoms with Gasteiger partial charge in [0.05, 0.1) is 0 Å². The van der Waals surface area contributed by atoms with Gasteiger partial charge in [0, 0.05) is 18.5 Å².